The van der Waals surface area contributed by atoms with Crippen molar-refractivity contribution in [1.82, 2.24) is 14.7 Å². The molecule has 0 bridgehead atoms. The Bertz CT molecular complexity index is 933. The second-order valence-corrected chi connectivity index (χ2v) is 8.33. The highest BCUT2D eigenvalue weighted by Gasteiger charge is 2.35. The van der Waals surface area contributed by atoms with Gasteiger partial charge in [0.25, 0.3) is 6.43 Å². The third-order valence-electron chi connectivity index (χ3n) is 6.18. The molecule has 0 spiro atoms. The van der Waals surface area contributed by atoms with Crippen LogP contribution in [0.2, 0.25) is 0 Å². The van der Waals surface area contributed by atoms with Gasteiger partial charge in [0.15, 0.2) is 0 Å². The van der Waals surface area contributed by atoms with Crippen molar-refractivity contribution < 1.29 is 22.4 Å². The summed E-state index contributed by atoms with van der Waals surface area (Å²) in [4.78, 5) is 14.6. The average molecular weight is 423 g/mol. The molecule has 2 aliphatic rings. The van der Waals surface area contributed by atoms with Crippen molar-refractivity contribution in [2.75, 3.05) is 0 Å². The fraction of sp³-hybridized carbons (Fsp3) is 0.545. The largest absolute Gasteiger partial charge is 0.335 e. The van der Waals surface area contributed by atoms with E-state index in [1.165, 1.54) is 19.2 Å². The van der Waals surface area contributed by atoms with E-state index in [4.69, 9.17) is 0 Å². The fourth-order valence-corrected chi connectivity index (χ4v) is 4.50. The molecule has 2 aromatic rings. The van der Waals surface area contributed by atoms with Crippen LogP contribution in [0.15, 0.2) is 18.2 Å². The minimum Gasteiger partial charge on any atom is -0.335 e. The molecule has 0 atom stereocenters. The van der Waals surface area contributed by atoms with Crippen molar-refractivity contribution >= 4 is 5.91 Å². The lowest BCUT2D eigenvalue weighted by Crippen LogP contribution is -2.34. The quantitative estimate of drug-likeness (QED) is 0.586. The summed E-state index contributed by atoms with van der Waals surface area (Å²) >= 11 is 0. The van der Waals surface area contributed by atoms with E-state index in [0.29, 0.717) is 5.92 Å². The molecule has 2 saturated carbocycles. The Morgan fingerprint density at radius 3 is 2.53 bits per heavy atom. The lowest BCUT2D eigenvalue weighted by atomic mass is 9.92. The summed E-state index contributed by atoms with van der Waals surface area (Å²) in [7, 11) is 1.23. The molecule has 4 nitrogen and oxygen atoms in total. The van der Waals surface area contributed by atoms with Crippen LogP contribution in [-0.4, -0.2) is 26.6 Å². The van der Waals surface area contributed by atoms with E-state index in [2.05, 4.69) is 5.10 Å². The SMILES string of the molecule is Cn1nc(C(F)F)c(CC(=O)N(Cc2cc(F)ccc2C2CCCC2)C2CC2)c1F. The van der Waals surface area contributed by atoms with Crippen molar-refractivity contribution in [1.29, 1.82) is 0 Å². The molecule has 8 heteroatoms. The topological polar surface area (TPSA) is 38.1 Å². The summed E-state index contributed by atoms with van der Waals surface area (Å²) in [5.74, 6) is -1.38. The zero-order valence-corrected chi connectivity index (χ0v) is 16.9. The highest BCUT2D eigenvalue weighted by molar-refractivity contribution is 5.79. The van der Waals surface area contributed by atoms with Crippen LogP contribution in [0.3, 0.4) is 0 Å². The van der Waals surface area contributed by atoms with Crippen LogP contribution >= 0.6 is 0 Å². The van der Waals surface area contributed by atoms with Gasteiger partial charge in [0.05, 0.1) is 6.42 Å². The standard InChI is InChI=1S/C22H25F4N3O/c1-28-22(26)18(20(27-28)21(24)25)11-19(30)29(16-7-8-16)12-14-10-15(23)6-9-17(14)13-4-2-3-5-13/h6,9-10,13,16,21H,2-5,7-8,11-12H2,1H3. The maximum absolute atomic E-state index is 14.3. The van der Waals surface area contributed by atoms with Crippen LogP contribution in [-0.2, 0) is 24.8 Å². The number of amides is 1. The third kappa shape index (κ3) is 4.23. The van der Waals surface area contributed by atoms with Gasteiger partial charge in [-0.15, -0.1) is 0 Å². The average Bonchev–Trinajstić information content (AvgIpc) is 3.32. The van der Waals surface area contributed by atoms with Crippen LogP contribution in [0, 0.1) is 11.8 Å². The summed E-state index contributed by atoms with van der Waals surface area (Å²) < 4.78 is 55.6. The van der Waals surface area contributed by atoms with E-state index >= 15 is 0 Å². The van der Waals surface area contributed by atoms with E-state index < -0.39 is 30.4 Å². The number of carbonyl (C=O) groups excluding carboxylic acids is 1. The van der Waals surface area contributed by atoms with Crippen molar-refractivity contribution in [3.63, 3.8) is 0 Å². The molecule has 1 aromatic heterocycles. The molecule has 2 fully saturated rings. The Kier molecular flexibility index (Phi) is 5.84. The molecule has 0 aliphatic heterocycles. The maximum atomic E-state index is 14.3. The maximum Gasteiger partial charge on any atom is 0.282 e. The van der Waals surface area contributed by atoms with Crippen LogP contribution < -0.4 is 0 Å². The second-order valence-electron chi connectivity index (χ2n) is 8.33. The smallest absolute Gasteiger partial charge is 0.282 e. The summed E-state index contributed by atoms with van der Waals surface area (Å²) in [6, 6.07) is 4.68. The Morgan fingerprint density at radius 1 is 1.20 bits per heavy atom. The molecule has 0 radical (unpaired) electrons. The lowest BCUT2D eigenvalue weighted by Gasteiger charge is -2.25. The third-order valence-corrected chi connectivity index (χ3v) is 6.18. The number of hydrogen-bond donors (Lipinski definition) is 0. The van der Waals surface area contributed by atoms with Gasteiger partial charge in [0.2, 0.25) is 11.9 Å². The highest BCUT2D eigenvalue weighted by Crippen LogP contribution is 2.38. The van der Waals surface area contributed by atoms with E-state index in [-0.39, 0.29) is 24.0 Å². The van der Waals surface area contributed by atoms with Crippen molar-refractivity contribution in [2.24, 2.45) is 7.05 Å². The van der Waals surface area contributed by atoms with Gasteiger partial charge in [-0.2, -0.15) is 9.49 Å². The van der Waals surface area contributed by atoms with Crippen LogP contribution in [0.4, 0.5) is 17.6 Å². The molecule has 0 unspecified atom stereocenters. The van der Waals surface area contributed by atoms with Crippen molar-refractivity contribution in [2.45, 2.75) is 69.9 Å². The molecule has 1 aromatic carbocycles. The zero-order chi connectivity index (χ0) is 21.4. The van der Waals surface area contributed by atoms with Crippen LogP contribution in [0.25, 0.3) is 0 Å². The van der Waals surface area contributed by atoms with Gasteiger partial charge in [-0.25, -0.2) is 17.9 Å². The Morgan fingerprint density at radius 2 is 1.90 bits per heavy atom. The number of rotatable bonds is 7. The first-order chi connectivity index (χ1) is 14.3. The number of benzene rings is 1. The minimum absolute atomic E-state index is 0.0214. The zero-order valence-electron chi connectivity index (χ0n) is 16.9. The Balaban J connectivity index is 1.59. The van der Waals surface area contributed by atoms with E-state index in [0.717, 1.165) is 54.3 Å². The predicted molar refractivity (Wildman–Crippen MR) is 103 cm³/mol. The molecule has 4 rings (SSSR count). The van der Waals surface area contributed by atoms with Gasteiger partial charge in [0, 0.05) is 25.2 Å². The summed E-state index contributed by atoms with van der Waals surface area (Å²) in [5, 5.41) is 3.52. The van der Waals surface area contributed by atoms with Crippen molar-refractivity contribution in [3.8, 4) is 0 Å². The van der Waals surface area contributed by atoms with Crippen LogP contribution in [0.5, 0.6) is 0 Å². The number of aromatic nitrogens is 2. The molecule has 2 aliphatic carbocycles. The molecular formula is C22H25F4N3O. The predicted octanol–water partition coefficient (Wildman–Crippen LogP) is 5.03. The first-order valence-corrected chi connectivity index (χ1v) is 10.4. The highest BCUT2D eigenvalue weighted by atomic mass is 19.3. The van der Waals surface area contributed by atoms with E-state index in [1.807, 2.05) is 0 Å². The van der Waals surface area contributed by atoms with Crippen molar-refractivity contribution in [3.05, 3.63) is 52.3 Å². The summed E-state index contributed by atoms with van der Waals surface area (Å²) in [5.41, 5.74) is 0.742. The lowest BCUT2D eigenvalue weighted by molar-refractivity contribution is -0.131. The van der Waals surface area contributed by atoms with E-state index in [9.17, 15) is 22.4 Å². The summed E-state index contributed by atoms with van der Waals surface area (Å²) in [6.45, 7) is 0.207. The molecule has 1 heterocycles. The van der Waals surface area contributed by atoms with Gasteiger partial charge in [-0.1, -0.05) is 18.9 Å². The first-order valence-electron chi connectivity index (χ1n) is 10.4. The minimum atomic E-state index is -2.96. The number of hydrogen-bond acceptors (Lipinski definition) is 2. The number of alkyl halides is 2. The number of aryl methyl sites for hydroxylation is 1. The van der Waals surface area contributed by atoms with Gasteiger partial charge in [-0.05, 0) is 54.9 Å². The monoisotopic (exact) mass is 423 g/mol. The van der Waals surface area contributed by atoms with Gasteiger partial charge in [0.1, 0.15) is 11.5 Å². The van der Waals surface area contributed by atoms with Crippen LogP contribution in [0.1, 0.15) is 73.3 Å². The Labute approximate surface area is 172 Å². The molecule has 0 saturated heterocycles. The molecular weight excluding hydrogens is 398 g/mol. The second kappa shape index (κ2) is 8.40. The Hall–Kier alpha value is -2.38. The normalized spacial score (nSPS) is 17.1. The van der Waals surface area contributed by atoms with Gasteiger partial charge >= 0.3 is 0 Å². The summed E-state index contributed by atoms with van der Waals surface area (Å²) in [6.07, 6.45) is 2.49. The molecule has 162 valence electrons. The number of carbonyl (C=O) groups is 1. The molecule has 30 heavy (non-hydrogen) atoms. The van der Waals surface area contributed by atoms with Gasteiger partial charge < -0.3 is 4.90 Å². The molecule has 0 N–H and O–H groups in total. The fourth-order valence-electron chi connectivity index (χ4n) is 4.50. The number of halogens is 4. The first kappa shape index (κ1) is 20.9. The van der Waals surface area contributed by atoms with E-state index in [1.54, 1.807) is 11.0 Å². The molecule has 1 amide bonds. The number of nitrogens with zero attached hydrogens (tertiary/aromatic N) is 3. The van der Waals surface area contributed by atoms with Gasteiger partial charge in [-0.3, -0.25) is 4.79 Å².